The number of halogens is 1. The molecule has 0 saturated carbocycles. The maximum atomic E-state index is 5.53. The summed E-state index contributed by atoms with van der Waals surface area (Å²) in [4.78, 5) is 3.21. The largest absolute Gasteiger partial charge is 0.385 e. The highest BCUT2D eigenvalue weighted by Crippen LogP contribution is 2.16. The Morgan fingerprint density at radius 3 is 2.60 bits per heavy atom. The molecule has 0 amide bonds. The molecule has 1 aliphatic heterocycles. The van der Waals surface area contributed by atoms with E-state index in [4.69, 9.17) is 9.47 Å². The molecule has 0 aliphatic carbocycles. The van der Waals surface area contributed by atoms with E-state index in [0.717, 1.165) is 37.6 Å². The Morgan fingerprint density at radius 1 is 1.20 bits per heavy atom. The van der Waals surface area contributed by atoms with E-state index in [-0.39, 0.29) is 0 Å². The van der Waals surface area contributed by atoms with Crippen molar-refractivity contribution in [2.24, 2.45) is 0 Å². The monoisotopic (exact) mass is 279 g/mol. The van der Waals surface area contributed by atoms with Gasteiger partial charge in [0.2, 0.25) is 0 Å². The minimum absolute atomic E-state index is 0.733. The second-order valence-electron chi connectivity index (χ2n) is 3.97. The summed E-state index contributed by atoms with van der Waals surface area (Å²) < 4.78 is 10.5. The molecule has 0 spiro atoms. The van der Waals surface area contributed by atoms with E-state index >= 15 is 0 Å². The van der Waals surface area contributed by atoms with Crippen LogP contribution in [0.5, 0.6) is 0 Å². The Morgan fingerprint density at radius 2 is 1.93 bits per heavy atom. The summed E-state index contributed by atoms with van der Waals surface area (Å²) in [5, 5.41) is 0. The van der Waals surface area contributed by atoms with Gasteiger partial charge in [-0.05, 0) is 32.4 Å². The Labute approximate surface area is 101 Å². The molecule has 0 radical (unpaired) electrons. The van der Waals surface area contributed by atoms with Gasteiger partial charge in [-0.1, -0.05) is 15.9 Å². The van der Waals surface area contributed by atoms with Gasteiger partial charge in [0.05, 0.1) is 6.61 Å². The number of hydrogen-bond donors (Lipinski definition) is 0. The fourth-order valence-electron chi connectivity index (χ4n) is 1.73. The molecule has 0 unspecified atom stereocenters. The van der Waals surface area contributed by atoms with E-state index < -0.39 is 0 Å². The number of likely N-dealkylation sites (tertiary alicyclic amines) is 1. The third kappa shape index (κ3) is 6.51. The van der Waals surface area contributed by atoms with Crippen LogP contribution in [0.25, 0.3) is 0 Å². The standard InChI is InChI=1S/C11H22BrNO2/c1-14-8-2-9-15-10-7-13-5-3-11(12)4-6-13/h11H,2-10H2,1H3. The van der Waals surface area contributed by atoms with Crippen molar-refractivity contribution in [2.45, 2.75) is 24.1 Å². The van der Waals surface area contributed by atoms with Crippen molar-refractivity contribution < 1.29 is 9.47 Å². The maximum Gasteiger partial charge on any atom is 0.0593 e. The van der Waals surface area contributed by atoms with Gasteiger partial charge in [0.1, 0.15) is 0 Å². The molecular formula is C11H22BrNO2. The quantitative estimate of drug-likeness (QED) is 0.525. The first kappa shape index (κ1) is 13.4. The van der Waals surface area contributed by atoms with Crippen molar-refractivity contribution >= 4 is 15.9 Å². The second kappa shape index (κ2) is 8.50. The topological polar surface area (TPSA) is 21.7 Å². The van der Waals surface area contributed by atoms with Crippen molar-refractivity contribution in [3.05, 3.63) is 0 Å². The Balaban J connectivity index is 1.87. The summed E-state index contributed by atoms with van der Waals surface area (Å²) in [6.45, 7) is 5.97. The fourth-order valence-corrected chi connectivity index (χ4v) is 2.14. The van der Waals surface area contributed by atoms with Crippen LogP contribution in [0.1, 0.15) is 19.3 Å². The molecule has 1 aliphatic rings. The molecule has 15 heavy (non-hydrogen) atoms. The molecule has 1 fully saturated rings. The first-order chi connectivity index (χ1) is 7.33. The van der Waals surface area contributed by atoms with E-state index in [1.54, 1.807) is 7.11 Å². The van der Waals surface area contributed by atoms with Crippen LogP contribution in [0.15, 0.2) is 0 Å². The van der Waals surface area contributed by atoms with Gasteiger partial charge < -0.3 is 14.4 Å². The van der Waals surface area contributed by atoms with Crippen LogP contribution in [0.4, 0.5) is 0 Å². The molecule has 1 heterocycles. The highest BCUT2D eigenvalue weighted by Gasteiger charge is 2.15. The summed E-state index contributed by atoms with van der Waals surface area (Å²) in [5.74, 6) is 0. The third-order valence-corrected chi connectivity index (χ3v) is 3.62. The molecule has 0 bridgehead atoms. The lowest BCUT2D eigenvalue weighted by atomic mass is 10.1. The van der Waals surface area contributed by atoms with Gasteiger partial charge in [-0.3, -0.25) is 0 Å². The Hall–Kier alpha value is 0.360. The number of piperidine rings is 1. The van der Waals surface area contributed by atoms with Gasteiger partial charge in [-0.15, -0.1) is 0 Å². The third-order valence-electron chi connectivity index (χ3n) is 2.71. The molecule has 90 valence electrons. The minimum atomic E-state index is 0.733. The first-order valence-electron chi connectivity index (χ1n) is 5.76. The average molecular weight is 280 g/mol. The summed E-state index contributed by atoms with van der Waals surface area (Å²) in [5.41, 5.74) is 0. The second-order valence-corrected chi connectivity index (χ2v) is 5.27. The molecule has 1 saturated heterocycles. The predicted octanol–water partition coefficient (Wildman–Crippen LogP) is 1.90. The van der Waals surface area contributed by atoms with Crippen LogP contribution in [0.3, 0.4) is 0 Å². The SMILES string of the molecule is COCCCOCCN1CCC(Br)CC1. The zero-order valence-electron chi connectivity index (χ0n) is 9.58. The highest BCUT2D eigenvalue weighted by atomic mass is 79.9. The number of ether oxygens (including phenoxy) is 2. The van der Waals surface area contributed by atoms with Gasteiger partial charge >= 0.3 is 0 Å². The van der Waals surface area contributed by atoms with Crippen molar-refractivity contribution in [3.63, 3.8) is 0 Å². The van der Waals surface area contributed by atoms with Crippen molar-refractivity contribution in [1.82, 2.24) is 4.90 Å². The fraction of sp³-hybridized carbons (Fsp3) is 1.00. The molecular weight excluding hydrogens is 258 g/mol. The van der Waals surface area contributed by atoms with Crippen LogP contribution in [-0.2, 0) is 9.47 Å². The molecule has 0 N–H and O–H groups in total. The number of rotatable bonds is 7. The number of methoxy groups -OCH3 is 1. The molecule has 1 rings (SSSR count). The molecule has 4 heteroatoms. The van der Waals surface area contributed by atoms with E-state index in [2.05, 4.69) is 20.8 Å². The lowest BCUT2D eigenvalue weighted by Crippen LogP contribution is -2.36. The van der Waals surface area contributed by atoms with Crippen molar-refractivity contribution in [1.29, 1.82) is 0 Å². The van der Waals surface area contributed by atoms with E-state index in [9.17, 15) is 0 Å². The Kier molecular flexibility index (Phi) is 7.61. The average Bonchev–Trinajstić information content (AvgIpc) is 2.26. The van der Waals surface area contributed by atoms with Crippen LogP contribution < -0.4 is 0 Å². The van der Waals surface area contributed by atoms with Gasteiger partial charge in [-0.25, -0.2) is 0 Å². The summed E-state index contributed by atoms with van der Waals surface area (Å²) in [6.07, 6.45) is 3.54. The van der Waals surface area contributed by atoms with Crippen LogP contribution in [0, 0.1) is 0 Å². The van der Waals surface area contributed by atoms with Gasteiger partial charge in [0.25, 0.3) is 0 Å². The zero-order valence-corrected chi connectivity index (χ0v) is 11.2. The molecule has 3 nitrogen and oxygen atoms in total. The van der Waals surface area contributed by atoms with Gasteiger partial charge in [0, 0.05) is 31.7 Å². The molecule has 0 aromatic heterocycles. The lowest BCUT2D eigenvalue weighted by Gasteiger charge is -2.29. The summed E-state index contributed by atoms with van der Waals surface area (Å²) in [6, 6.07) is 0. The predicted molar refractivity (Wildman–Crippen MR) is 65.7 cm³/mol. The van der Waals surface area contributed by atoms with Crippen LogP contribution in [0.2, 0.25) is 0 Å². The highest BCUT2D eigenvalue weighted by molar-refractivity contribution is 9.09. The molecule has 0 aromatic rings. The van der Waals surface area contributed by atoms with E-state index in [0.29, 0.717) is 0 Å². The van der Waals surface area contributed by atoms with Crippen molar-refractivity contribution in [2.75, 3.05) is 46.6 Å². The minimum Gasteiger partial charge on any atom is -0.385 e. The first-order valence-corrected chi connectivity index (χ1v) is 6.67. The van der Waals surface area contributed by atoms with E-state index in [1.165, 1.54) is 25.9 Å². The smallest absolute Gasteiger partial charge is 0.0593 e. The molecule has 0 aromatic carbocycles. The number of alkyl halides is 1. The van der Waals surface area contributed by atoms with Crippen LogP contribution >= 0.6 is 15.9 Å². The summed E-state index contributed by atoms with van der Waals surface area (Å²) in [7, 11) is 1.73. The van der Waals surface area contributed by atoms with Crippen molar-refractivity contribution in [3.8, 4) is 0 Å². The number of nitrogens with zero attached hydrogens (tertiary/aromatic N) is 1. The zero-order chi connectivity index (χ0) is 10.9. The van der Waals surface area contributed by atoms with Crippen LogP contribution in [-0.4, -0.2) is 56.3 Å². The Bertz CT molecular complexity index is 150. The maximum absolute atomic E-state index is 5.53. The normalized spacial score (nSPS) is 19.6. The van der Waals surface area contributed by atoms with E-state index in [1.807, 2.05) is 0 Å². The summed E-state index contributed by atoms with van der Waals surface area (Å²) >= 11 is 3.65. The molecule has 0 atom stereocenters. The van der Waals surface area contributed by atoms with Gasteiger partial charge in [-0.2, -0.15) is 0 Å². The number of hydrogen-bond acceptors (Lipinski definition) is 3. The lowest BCUT2D eigenvalue weighted by molar-refractivity contribution is 0.0797. The van der Waals surface area contributed by atoms with Gasteiger partial charge in [0.15, 0.2) is 0 Å².